The van der Waals surface area contributed by atoms with Gasteiger partial charge in [-0.2, -0.15) is 0 Å². The van der Waals surface area contributed by atoms with Crippen LogP contribution in [-0.4, -0.2) is 30.6 Å². The van der Waals surface area contributed by atoms with Gasteiger partial charge in [-0.25, -0.2) is 4.79 Å². The van der Waals surface area contributed by atoms with E-state index >= 15 is 0 Å². The first-order valence-electron chi connectivity index (χ1n) is 9.32. The van der Waals surface area contributed by atoms with Crippen LogP contribution in [-0.2, 0) is 14.3 Å². The van der Waals surface area contributed by atoms with Crippen LogP contribution in [0.5, 0.6) is 0 Å². The second kappa shape index (κ2) is 5.70. The van der Waals surface area contributed by atoms with Crippen LogP contribution in [0.2, 0.25) is 0 Å². The fourth-order valence-electron chi connectivity index (χ4n) is 5.85. The molecular formula is C20H28O4. The third-order valence-corrected chi connectivity index (χ3v) is 7.52. The van der Waals surface area contributed by atoms with Crippen LogP contribution in [0.1, 0.15) is 52.4 Å². The van der Waals surface area contributed by atoms with E-state index in [1.165, 1.54) is 5.57 Å². The van der Waals surface area contributed by atoms with Crippen molar-refractivity contribution in [2.24, 2.45) is 22.7 Å². The molecule has 132 valence electrons. The van der Waals surface area contributed by atoms with Crippen molar-refractivity contribution in [3.8, 4) is 0 Å². The highest BCUT2D eigenvalue weighted by molar-refractivity contribution is 5.85. The lowest BCUT2D eigenvalue weighted by Gasteiger charge is -2.58. The molecule has 1 N–H and O–H groups in total. The molecule has 2 aliphatic carbocycles. The lowest BCUT2D eigenvalue weighted by atomic mass is 9.46. The van der Waals surface area contributed by atoms with Gasteiger partial charge >= 0.3 is 5.97 Å². The molecule has 5 atom stereocenters. The van der Waals surface area contributed by atoms with Crippen molar-refractivity contribution in [1.29, 1.82) is 0 Å². The molecule has 0 radical (unpaired) electrons. The quantitative estimate of drug-likeness (QED) is 0.636. The van der Waals surface area contributed by atoms with Crippen molar-refractivity contribution in [1.82, 2.24) is 0 Å². The highest BCUT2D eigenvalue weighted by Gasteiger charge is 2.61. The van der Waals surface area contributed by atoms with Gasteiger partial charge in [-0.3, -0.25) is 0 Å². The van der Waals surface area contributed by atoms with Gasteiger partial charge in [0.05, 0.1) is 6.61 Å². The number of aliphatic hydroxyl groups is 1. The van der Waals surface area contributed by atoms with Crippen molar-refractivity contribution < 1.29 is 19.4 Å². The van der Waals surface area contributed by atoms with Crippen LogP contribution >= 0.6 is 0 Å². The van der Waals surface area contributed by atoms with Crippen LogP contribution in [0, 0.1) is 22.7 Å². The van der Waals surface area contributed by atoms with E-state index in [4.69, 9.17) is 9.47 Å². The van der Waals surface area contributed by atoms with Crippen LogP contribution in [0.15, 0.2) is 23.3 Å². The second-order valence-electron chi connectivity index (χ2n) is 8.42. The zero-order valence-electron chi connectivity index (χ0n) is 14.7. The van der Waals surface area contributed by atoms with Crippen LogP contribution in [0.3, 0.4) is 0 Å². The van der Waals surface area contributed by atoms with Gasteiger partial charge < -0.3 is 14.6 Å². The molecule has 24 heavy (non-hydrogen) atoms. The molecule has 5 unspecified atom stereocenters. The first-order valence-corrected chi connectivity index (χ1v) is 9.32. The number of esters is 1. The Hall–Kier alpha value is -1.13. The maximum absolute atomic E-state index is 11.3. The first-order chi connectivity index (χ1) is 11.5. The average Bonchev–Trinajstić information content (AvgIpc) is 3.13. The number of aliphatic hydroxyl groups excluding tert-OH is 1. The van der Waals surface area contributed by atoms with E-state index in [2.05, 4.69) is 19.9 Å². The van der Waals surface area contributed by atoms with E-state index in [9.17, 15) is 9.90 Å². The lowest BCUT2D eigenvalue weighted by molar-refractivity contribution is -0.179. The summed E-state index contributed by atoms with van der Waals surface area (Å²) in [5.74, 6) is 0.856. The molecule has 2 heterocycles. The Morgan fingerprint density at radius 3 is 2.92 bits per heavy atom. The molecule has 4 rings (SSSR count). The summed E-state index contributed by atoms with van der Waals surface area (Å²) in [7, 11) is 0. The fourth-order valence-corrected chi connectivity index (χ4v) is 5.85. The summed E-state index contributed by atoms with van der Waals surface area (Å²) in [5.41, 5.74) is 2.43. The number of allylic oxidation sites excluding steroid dienone is 1. The zero-order chi connectivity index (χ0) is 16.9. The Labute approximate surface area is 143 Å². The van der Waals surface area contributed by atoms with E-state index < -0.39 is 6.29 Å². The molecule has 4 heteroatoms. The Balaban J connectivity index is 1.62. The van der Waals surface area contributed by atoms with E-state index in [1.807, 2.05) is 0 Å². The average molecular weight is 332 g/mol. The molecule has 0 bridgehead atoms. The molecule has 1 spiro atoms. The van der Waals surface area contributed by atoms with Gasteiger partial charge in [0.1, 0.15) is 6.61 Å². The SMILES string of the molecule is CC1CCC23C(=CCCC2C1(C)CCC1=CC(=O)OC1)COC3O. The first kappa shape index (κ1) is 16.3. The largest absolute Gasteiger partial charge is 0.458 e. The smallest absolute Gasteiger partial charge is 0.331 e. The molecule has 0 amide bonds. The summed E-state index contributed by atoms with van der Waals surface area (Å²) in [6, 6.07) is 0. The maximum Gasteiger partial charge on any atom is 0.331 e. The topological polar surface area (TPSA) is 55.8 Å². The summed E-state index contributed by atoms with van der Waals surface area (Å²) in [6.07, 6.45) is 9.64. The third kappa shape index (κ3) is 2.22. The number of carbonyl (C=O) groups is 1. The predicted molar refractivity (Wildman–Crippen MR) is 90.0 cm³/mol. The van der Waals surface area contributed by atoms with Gasteiger partial charge in [0.15, 0.2) is 6.29 Å². The van der Waals surface area contributed by atoms with Gasteiger partial charge in [0, 0.05) is 11.5 Å². The molecule has 0 aromatic carbocycles. The fraction of sp³-hybridized carbons (Fsp3) is 0.750. The lowest BCUT2D eigenvalue weighted by Crippen LogP contribution is -2.54. The van der Waals surface area contributed by atoms with Gasteiger partial charge in [0.25, 0.3) is 0 Å². The molecule has 2 fully saturated rings. The predicted octanol–water partition coefficient (Wildman–Crippen LogP) is 3.36. The summed E-state index contributed by atoms with van der Waals surface area (Å²) < 4.78 is 10.7. The second-order valence-corrected chi connectivity index (χ2v) is 8.42. The highest BCUT2D eigenvalue weighted by atomic mass is 16.6. The number of hydrogen-bond donors (Lipinski definition) is 1. The number of ether oxygens (including phenoxy) is 2. The molecule has 0 aromatic rings. The summed E-state index contributed by atoms with van der Waals surface area (Å²) in [5, 5.41) is 10.7. The van der Waals surface area contributed by atoms with Gasteiger partial charge in [-0.1, -0.05) is 19.9 Å². The molecule has 4 aliphatic rings. The Kier molecular flexibility index (Phi) is 3.88. The Bertz CT molecular complexity index is 607. The summed E-state index contributed by atoms with van der Waals surface area (Å²) in [6.45, 7) is 5.80. The van der Waals surface area contributed by atoms with Crippen LogP contribution in [0.4, 0.5) is 0 Å². The van der Waals surface area contributed by atoms with E-state index in [0.717, 1.165) is 44.1 Å². The molecule has 2 aliphatic heterocycles. The van der Waals surface area contributed by atoms with Crippen molar-refractivity contribution in [3.63, 3.8) is 0 Å². The standard InChI is InChI=1S/C20H28O4/c1-13-6-9-20-15(12-24-18(20)22)4-3-5-16(20)19(13,2)8-7-14-10-17(21)23-11-14/h4,10,13,16,18,22H,3,5-9,11-12H2,1-2H3. The van der Waals surface area contributed by atoms with Gasteiger partial charge in [-0.15, -0.1) is 0 Å². The third-order valence-electron chi connectivity index (χ3n) is 7.52. The van der Waals surface area contributed by atoms with Crippen molar-refractivity contribution in [3.05, 3.63) is 23.3 Å². The monoisotopic (exact) mass is 332 g/mol. The van der Waals surface area contributed by atoms with Crippen LogP contribution in [0.25, 0.3) is 0 Å². The zero-order valence-corrected chi connectivity index (χ0v) is 14.7. The van der Waals surface area contributed by atoms with E-state index in [-0.39, 0.29) is 16.8 Å². The van der Waals surface area contributed by atoms with Crippen molar-refractivity contribution in [2.75, 3.05) is 13.2 Å². The Morgan fingerprint density at radius 2 is 2.17 bits per heavy atom. The highest BCUT2D eigenvalue weighted by Crippen LogP contribution is 2.65. The maximum atomic E-state index is 11.3. The molecule has 1 saturated heterocycles. The number of rotatable bonds is 3. The number of cyclic esters (lactones) is 1. The van der Waals surface area contributed by atoms with E-state index in [1.54, 1.807) is 6.08 Å². The van der Waals surface area contributed by atoms with Crippen molar-refractivity contribution in [2.45, 2.75) is 58.7 Å². The van der Waals surface area contributed by atoms with Gasteiger partial charge in [0.2, 0.25) is 0 Å². The number of carbonyl (C=O) groups excluding carboxylic acids is 1. The number of hydrogen-bond acceptors (Lipinski definition) is 4. The minimum Gasteiger partial charge on any atom is -0.458 e. The minimum atomic E-state index is -0.656. The van der Waals surface area contributed by atoms with Crippen LogP contribution < -0.4 is 0 Å². The minimum absolute atomic E-state index is 0.152. The molecule has 4 nitrogen and oxygen atoms in total. The summed E-state index contributed by atoms with van der Waals surface area (Å²) in [4.78, 5) is 11.3. The molecular weight excluding hydrogens is 304 g/mol. The normalized spacial score (nSPS) is 44.5. The molecule has 1 saturated carbocycles. The molecule has 0 aromatic heterocycles. The van der Waals surface area contributed by atoms with Gasteiger partial charge in [-0.05, 0) is 66.9 Å². The van der Waals surface area contributed by atoms with E-state index in [0.29, 0.717) is 25.0 Å². The summed E-state index contributed by atoms with van der Waals surface area (Å²) >= 11 is 0. The van der Waals surface area contributed by atoms with Crippen molar-refractivity contribution >= 4 is 5.97 Å². The Morgan fingerprint density at radius 1 is 1.33 bits per heavy atom.